The van der Waals surface area contributed by atoms with Crippen molar-refractivity contribution in [1.82, 2.24) is 0 Å². The molecule has 2 rings (SSSR count). The first-order chi connectivity index (χ1) is 13.0. The van der Waals surface area contributed by atoms with Crippen LogP contribution in [0.3, 0.4) is 0 Å². The van der Waals surface area contributed by atoms with Crippen LogP contribution in [0.15, 0.2) is 47.4 Å². The minimum absolute atomic E-state index is 0.0109. The first-order valence-corrected chi connectivity index (χ1v) is 10.3. The van der Waals surface area contributed by atoms with Crippen molar-refractivity contribution in [3.63, 3.8) is 0 Å². The lowest BCUT2D eigenvalue weighted by molar-refractivity contribution is -0.123. The summed E-state index contributed by atoms with van der Waals surface area (Å²) in [5.41, 5.74) is 1.44. The van der Waals surface area contributed by atoms with Gasteiger partial charge in [0.15, 0.2) is 21.7 Å². The fraction of sp³-hybridized carbons (Fsp3) is 0.250. The van der Waals surface area contributed by atoms with Gasteiger partial charge in [0.1, 0.15) is 0 Å². The molecule has 2 aromatic rings. The summed E-state index contributed by atoms with van der Waals surface area (Å²) in [6.07, 6.45) is -0.0901. The van der Waals surface area contributed by atoms with Crippen LogP contribution in [0, 0.1) is 6.92 Å². The number of nitrogens with one attached hydrogen (secondary N) is 1. The van der Waals surface area contributed by atoms with Crippen LogP contribution in [-0.2, 0) is 19.4 Å². The standard InChI is InChI=1S/C20H21NO6S/c1-12-8-9-17(28(4,25)26)11-18(12)20(24)27-14(3)19(23)21-16-7-5-6-15(10-16)13(2)22/h5-11,14H,1-4H3,(H,21,23)/t14-/m0/s1. The summed E-state index contributed by atoms with van der Waals surface area (Å²) in [6.45, 7) is 4.46. The van der Waals surface area contributed by atoms with Crippen molar-refractivity contribution in [2.45, 2.75) is 31.8 Å². The van der Waals surface area contributed by atoms with Gasteiger partial charge >= 0.3 is 5.97 Å². The van der Waals surface area contributed by atoms with Gasteiger partial charge < -0.3 is 10.1 Å². The number of benzene rings is 2. The first kappa shape index (κ1) is 21.3. The van der Waals surface area contributed by atoms with Gasteiger partial charge in [-0.25, -0.2) is 13.2 Å². The van der Waals surface area contributed by atoms with Gasteiger partial charge in [-0.3, -0.25) is 9.59 Å². The number of ketones is 1. The number of rotatable bonds is 6. The van der Waals surface area contributed by atoms with E-state index in [2.05, 4.69) is 5.32 Å². The number of sulfone groups is 1. The third kappa shape index (κ3) is 5.26. The van der Waals surface area contributed by atoms with E-state index in [1.165, 1.54) is 38.1 Å². The van der Waals surface area contributed by atoms with Crippen LogP contribution in [0.25, 0.3) is 0 Å². The Morgan fingerprint density at radius 1 is 1.07 bits per heavy atom. The molecule has 1 N–H and O–H groups in total. The molecule has 28 heavy (non-hydrogen) atoms. The Bertz CT molecular complexity index is 1040. The van der Waals surface area contributed by atoms with Gasteiger partial charge in [0.05, 0.1) is 10.5 Å². The summed E-state index contributed by atoms with van der Waals surface area (Å²) < 4.78 is 28.6. The monoisotopic (exact) mass is 403 g/mol. The summed E-state index contributed by atoms with van der Waals surface area (Å²) in [4.78, 5) is 36.1. The second-order valence-electron chi connectivity index (χ2n) is 6.42. The maximum absolute atomic E-state index is 12.4. The molecule has 0 spiro atoms. The zero-order valence-corrected chi connectivity index (χ0v) is 16.8. The second kappa shape index (κ2) is 8.35. The number of Topliss-reactive ketones (excluding diaryl/α,β-unsaturated/α-hetero) is 1. The third-order valence-electron chi connectivity index (χ3n) is 4.05. The zero-order valence-electron chi connectivity index (χ0n) is 16.0. The SMILES string of the molecule is CC(=O)c1cccc(NC(=O)[C@H](C)OC(=O)c2cc(S(C)(=O)=O)ccc2C)c1. The normalized spacial score (nSPS) is 12.1. The quantitative estimate of drug-likeness (QED) is 0.587. The highest BCUT2D eigenvalue weighted by atomic mass is 32.2. The molecule has 0 aliphatic rings. The minimum Gasteiger partial charge on any atom is -0.449 e. The zero-order chi connectivity index (χ0) is 21.1. The van der Waals surface area contributed by atoms with E-state index in [9.17, 15) is 22.8 Å². The molecule has 1 atom stereocenters. The highest BCUT2D eigenvalue weighted by Gasteiger charge is 2.22. The van der Waals surface area contributed by atoms with Gasteiger partial charge in [-0.15, -0.1) is 0 Å². The molecule has 0 unspecified atom stereocenters. The van der Waals surface area contributed by atoms with Crippen molar-refractivity contribution in [2.24, 2.45) is 0 Å². The van der Waals surface area contributed by atoms with E-state index in [4.69, 9.17) is 4.74 Å². The Kier molecular flexibility index (Phi) is 6.35. The van der Waals surface area contributed by atoms with Crippen molar-refractivity contribution in [3.8, 4) is 0 Å². The van der Waals surface area contributed by atoms with Crippen molar-refractivity contribution < 1.29 is 27.5 Å². The van der Waals surface area contributed by atoms with Crippen LogP contribution in [-0.4, -0.2) is 38.4 Å². The minimum atomic E-state index is -3.49. The molecule has 0 radical (unpaired) electrons. The number of ether oxygens (including phenoxy) is 1. The van der Waals surface area contributed by atoms with E-state index >= 15 is 0 Å². The average Bonchev–Trinajstić information content (AvgIpc) is 2.61. The molecule has 7 nitrogen and oxygen atoms in total. The lowest BCUT2D eigenvalue weighted by atomic mass is 10.1. The second-order valence-corrected chi connectivity index (χ2v) is 8.44. The molecule has 148 valence electrons. The van der Waals surface area contributed by atoms with Gasteiger partial charge in [0, 0.05) is 17.5 Å². The fourth-order valence-electron chi connectivity index (χ4n) is 2.39. The Morgan fingerprint density at radius 3 is 2.36 bits per heavy atom. The van der Waals surface area contributed by atoms with E-state index in [0.717, 1.165) is 6.26 Å². The molecule has 0 fully saturated rings. The number of carbonyl (C=O) groups is 3. The molecule has 0 saturated heterocycles. The highest BCUT2D eigenvalue weighted by Crippen LogP contribution is 2.18. The fourth-order valence-corrected chi connectivity index (χ4v) is 3.04. The van der Waals surface area contributed by atoms with E-state index < -0.39 is 27.8 Å². The Labute approximate surface area is 163 Å². The summed E-state index contributed by atoms with van der Waals surface area (Å²) >= 11 is 0. The van der Waals surface area contributed by atoms with Crippen molar-refractivity contribution >= 4 is 33.2 Å². The molecule has 0 aliphatic heterocycles. The van der Waals surface area contributed by atoms with Gasteiger partial charge in [0.25, 0.3) is 5.91 Å². The van der Waals surface area contributed by atoms with E-state index in [1.807, 2.05) is 0 Å². The predicted octanol–water partition coefficient (Wildman–Crippen LogP) is 2.79. The number of aryl methyl sites for hydroxylation is 1. The number of carbonyl (C=O) groups excluding carboxylic acids is 3. The molecule has 0 heterocycles. The Hall–Kier alpha value is -3.00. The molecular weight excluding hydrogens is 382 g/mol. The summed E-state index contributed by atoms with van der Waals surface area (Å²) in [5.74, 6) is -1.52. The molecule has 0 bridgehead atoms. The summed E-state index contributed by atoms with van der Waals surface area (Å²) in [5, 5.41) is 2.58. The van der Waals surface area contributed by atoms with Crippen LogP contribution in [0.5, 0.6) is 0 Å². The molecular formula is C20H21NO6S. The van der Waals surface area contributed by atoms with E-state index in [0.29, 0.717) is 16.8 Å². The molecule has 1 amide bonds. The highest BCUT2D eigenvalue weighted by molar-refractivity contribution is 7.90. The van der Waals surface area contributed by atoms with Crippen LogP contribution in [0.2, 0.25) is 0 Å². The number of hydrogen-bond acceptors (Lipinski definition) is 6. The van der Waals surface area contributed by atoms with E-state index in [-0.39, 0.29) is 16.2 Å². The van der Waals surface area contributed by atoms with Gasteiger partial charge in [0.2, 0.25) is 0 Å². The maximum atomic E-state index is 12.4. The van der Waals surface area contributed by atoms with E-state index in [1.54, 1.807) is 25.1 Å². The smallest absolute Gasteiger partial charge is 0.339 e. The number of amides is 1. The van der Waals surface area contributed by atoms with Crippen LogP contribution in [0.1, 0.15) is 40.1 Å². The molecule has 2 aromatic carbocycles. The van der Waals surface area contributed by atoms with Crippen molar-refractivity contribution in [2.75, 3.05) is 11.6 Å². The van der Waals surface area contributed by atoms with Crippen molar-refractivity contribution in [1.29, 1.82) is 0 Å². The molecule has 0 saturated carbocycles. The Morgan fingerprint density at radius 2 is 1.75 bits per heavy atom. The van der Waals surface area contributed by atoms with Crippen molar-refractivity contribution in [3.05, 3.63) is 59.2 Å². The van der Waals surface area contributed by atoms with Crippen LogP contribution >= 0.6 is 0 Å². The molecule has 0 aromatic heterocycles. The third-order valence-corrected chi connectivity index (χ3v) is 5.16. The number of hydrogen-bond donors (Lipinski definition) is 1. The largest absolute Gasteiger partial charge is 0.449 e. The first-order valence-electron chi connectivity index (χ1n) is 8.42. The van der Waals surface area contributed by atoms with Gasteiger partial charge in [-0.1, -0.05) is 18.2 Å². The Balaban J connectivity index is 2.13. The molecule has 8 heteroatoms. The van der Waals surface area contributed by atoms with Crippen LogP contribution < -0.4 is 5.32 Å². The average molecular weight is 403 g/mol. The van der Waals surface area contributed by atoms with Crippen LogP contribution in [0.4, 0.5) is 5.69 Å². The molecule has 0 aliphatic carbocycles. The number of anilines is 1. The maximum Gasteiger partial charge on any atom is 0.339 e. The number of esters is 1. The lowest BCUT2D eigenvalue weighted by Crippen LogP contribution is -2.30. The van der Waals surface area contributed by atoms with Gasteiger partial charge in [-0.05, 0) is 50.6 Å². The van der Waals surface area contributed by atoms with Gasteiger partial charge in [-0.2, -0.15) is 0 Å². The summed E-state index contributed by atoms with van der Waals surface area (Å²) in [6, 6.07) is 10.5. The topological polar surface area (TPSA) is 107 Å². The summed E-state index contributed by atoms with van der Waals surface area (Å²) in [7, 11) is -3.49. The predicted molar refractivity (Wildman–Crippen MR) is 104 cm³/mol. The lowest BCUT2D eigenvalue weighted by Gasteiger charge is -2.15.